The van der Waals surface area contributed by atoms with Crippen molar-refractivity contribution in [2.45, 2.75) is 136 Å². The molecule has 0 amide bonds. The molecule has 2 rings (SSSR count). The maximum absolute atomic E-state index is 13.2. The van der Waals surface area contributed by atoms with Crippen LogP contribution in [0.5, 0.6) is 17.2 Å². The summed E-state index contributed by atoms with van der Waals surface area (Å²) in [5.41, 5.74) is 3.14. The number of carbonyl (C=O) groups excluding carboxylic acids is 1. The van der Waals surface area contributed by atoms with E-state index in [4.69, 9.17) is 4.74 Å². The average molecular weight is 567 g/mol. The molecule has 2 aromatic rings. The smallest absolute Gasteiger partial charge is 0.342 e. The Hall–Kier alpha value is -2.95. The van der Waals surface area contributed by atoms with Gasteiger partial charge < -0.3 is 20.1 Å². The van der Waals surface area contributed by atoms with Crippen molar-refractivity contribution < 1.29 is 24.9 Å². The predicted octanol–water partition coefficient (Wildman–Crippen LogP) is 9.87. The Morgan fingerprint density at radius 2 is 1.39 bits per heavy atom. The summed E-state index contributed by atoms with van der Waals surface area (Å²) in [6.07, 6.45) is 21.5. The number of rotatable bonds is 21. The second-order valence-electron chi connectivity index (χ2n) is 11.5. The van der Waals surface area contributed by atoms with Crippen molar-refractivity contribution in [2.75, 3.05) is 0 Å². The first-order chi connectivity index (χ1) is 19.8. The van der Waals surface area contributed by atoms with Gasteiger partial charge in [0.2, 0.25) is 0 Å². The fourth-order valence-electron chi connectivity index (χ4n) is 5.45. The van der Waals surface area contributed by atoms with Gasteiger partial charge in [0.1, 0.15) is 28.9 Å². The molecule has 0 aliphatic carbocycles. The lowest BCUT2D eigenvalue weighted by Crippen LogP contribution is -2.19. The maximum atomic E-state index is 13.2. The Bertz CT molecular complexity index is 1040. The first-order valence-electron chi connectivity index (χ1n) is 16.0. The van der Waals surface area contributed by atoms with Gasteiger partial charge in [-0.05, 0) is 106 Å². The van der Waals surface area contributed by atoms with Gasteiger partial charge in [-0.15, -0.1) is 0 Å². The highest BCUT2D eigenvalue weighted by molar-refractivity contribution is 5.94. The van der Waals surface area contributed by atoms with E-state index in [2.05, 4.69) is 32.1 Å². The third-order valence-corrected chi connectivity index (χ3v) is 7.57. The molecule has 0 spiro atoms. The van der Waals surface area contributed by atoms with E-state index >= 15 is 0 Å². The van der Waals surface area contributed by atoms with Crippen molar-refractivity contribution in [3.63, 3.8) is 0 Å². The highest BCUT2D eigenvalue weighted by atomic mass is 16.5. The number of carbonyl (C=O) groups is 1. The second-order valence-corrected chi connectivity index (χ2v) is 11.5. The molecule has 0 aliphatic heterocycles. The van der Waals surface area contributed by atoms with Crippen LogP contribution >= 0.6 is 0 Å². The van der Waals surface area contributed by atoms with Crippen molar-refractivity contribution in [2.24, 2.45) is 0 Å². The summed E-state index contributed by atoms with van der Waals surface area (Å²) in [4.78, 5) is 13.2. The number of allylic oxidation sites excluding steroid dienone is 2. The van der Waals surface area contributed by atoms with E-state index in [-0.39, 0.29) is 23.2 Å². The van der Waals surface area contributed by atoms with Crippen LogP contribution < -0.4 is 0 Å². The van der Waals surface area contributed by atoms with E-state index in [0.717, 1.165) is 102 Å². The minimum Gasteiger partial charge on any atom is -0.508 e. The van der Waals surface area contributed by atoms with E-state index in [1.807, 2.05) is 13.0 Å². The number of esters is 1. The maximum Gasteiger partial charge on any atom is 0.342 e. The predicted molar refractivity (Wildman–Crippen MR) is 169 cm³/mol. The van der Waals surface area contributed by atoms with Crippen molar-refractivity contribution >= 4 is 5.97 Å². The lowest BCUT2D eigenvalue weighted by Gasteiger charge is -2.19. The van der Waals surface area contributed by atoms with E-state index in [1.54, 1.807) is 12.1 Å². The number of benzene rings is 2. The number of phenols is 3. The van der Waals surface area contributed by atoms with E-state index in [9.17, 15) is 20.1 Å². The van der Waals surface area contributed by atoms with E-state index in [1.165, 1.54) is 18.1 Å². The second kappa shape index (κ2) is 20.0. The molecule has 1 unspecified atom stereocenters. The van der Waals surface area contributed by atoms with Crippen LogP contribution in [0.15, 0.2) is 42.5 Å². The summed E-state index contributed by atoms with van der Waals surface area (Å²) in [5, 5.41) is 30.4. The molecule has 0 bridgehead atoms. The van der Waals surface area contributed by atoms with E-state index < -0.39 is 5.97 Å². The van der Waals surface area contributed by atoms with E-state index in [0.29, 0.717) is 17.7 Å². The molecule has 0 aliphatic rings. The van der Waals surface area contributed by atoms with Crippen molar-refractivity contribution in [1.82, 2.24) is 0 Å². The molecule has 0 heterocycles. The molecule has 5 heteroatoms. The third-order valence-electron chi connectivity index (χ3n) is 7.57. The number of hydrogen-bond acceptors (Lipinski definition) is 5. The van der Waals surface area contributed by atoms with Crippen LogP contribution in [0, 0.1) is 6.92 Å². The normalized spacial score (nSPS) is 12.2. The molecule has 0 saturated heterocycles. The minimum absolute atomic E-state index is 0.0283. The average Bonchev–Trinajstić information content (AvgIpc) is 2.90. The van der Waals surface area contributed by atoms with Gasteiger partial charge in [0.25, 0.3) is 0 Å². The highest BCUT2D eigenvalue weighted by Crippen LogP contribution is 2.30. The van der Waals surface area contributed by atoms with Gasteiger partial charge >= 0.3 is 5.97 Å². The first kappa shape index (κ1) is 34.3. The zero-order valence-corrected chi connectivity index (χ0v) is 25.8. The van der Waals surface area contributed by atoms with Crippen LogP contribution in [0.25, 0.3) is 0 Å². The number of aryl methyl sites for hydroxylation is 3. The number of hydrogen-bond donors (Lipinski definition) is 3. The summed E-state index contributed by atoms with van der Waals surface area (Å²) >= 11 is 0. The quantitative estimate of drug-likeness (QED) is 0.0795. The highest BCUT2D eigenvalue weighted by Gasteiger charge is 2.22. The number of aromatic hydroxyl groups is 3. The summed E-state index contributed by atoms with van der Waals surface area (Å²) in [5.74, 6) is -0.383. The van der Waals surface area contributed by atoms with Gasteiger partial charge in [0.05, 0.1) is 0 Å². The Morgan fingerprint density at radius 1 is 0.732 bits per heavy atom. The van der Waals surface area contributed by atoms with Crippen LogP contribution in [-0.2, 0) is 17.6 Å². The largest absolute Gasteiger partial charge is 0.508 e. The van der Waals surface area contributed by atoms with Gasteiger partial charge in [0, 0.05) is 6.07 Å². The van der Waals surface area contributed by atoms with Gasteiger partial charge in [-0.1, -0.05) is 77.0 Å². The molecule has 3 N–H and O–H groups in total. The molecule has 0 aromatic heterocycles. The molecule has 2 aromatic carbocycles. The van der Waals surface area contributed by atoms with Crippen molar-refractivity contribution in [1.29, 1.82) is 0 Å². The summed E-state index contributed by atoms with van der Waals surface area (Å²) < 4.78 is 5.93. The van der Waals surface area contributed by atoms with Gasteiger partial charge in [-0.2, -0.15) is 0 Å². The van der Waals surface area contributed by atoms with Crippen LogP contribution in [0.2, 0.25) is 0 Å². The molecule has 5 nitrogen and oxygen atoms in total. The fourth-order valence-corrected chi connectivity index (χ4v) is 5.45. The number of phenolic OH excluding ortho intramolecular Hbond substituents is 3. The Labute approximate surface area is 248 Å². The topological polar surface area (TPSA) is 87.0 Å². The van der Waals surface area contributed by atoms with Crippen LogP contribution in [-0.4, -0.2) is 27.4 Å². The Kier molecular flexibility index (Phi) is 16.7. The lowest BCUT2D eigenvalue weighted by atomic mass is 9.98. The summed E-state index contributed by atoms with van der Waals surface area (Å²) in [6, 6.07) is 8.59. The third kappa shape index (κ3) is 14.0. The monoisotopic (exact) mass is 566 g/mol. The van der Waals surface area contributed by atoms with Crippen LogP contribution in [0.4, 0.5) is 0 Å². The molecular formula is C36H54O5. The zero-order valence-electron chi connectivity index (χ0n) is 25.8. The lowest BCUT2D eigenvalue weighted by molar-refractivity contribution is 0.0249. The number of unbranched alkanes of at least 4 members (excludes halogenated alkanes) is 9. The fraction of sp³-hybridized carbons (Fsp3) is 0.583. The molecule has 0 radical (unpaired) electrons. The summed E-state index contributed by atoms with van der Waals surface area (Å²) in [7, 11) is 0. The molecule has 0 saturated carbocycles. The molecular weight excluding hydrogens is 512 g/mol. The van der Waals surface area contributed by atoms with Crippen molar-refractivity contribution in [3.8, 4) is 17.2 Å². The van der Waals surface area contributed by atoms with Gasteiger partial charge in [-0.3, -0.25) is 0 Å². The van der Waals surface area contributed by atoms with Crippen LogP contribution in [0.3, 0.4) is 0 Å². The first-order valence-corrected chi connectivity index (χ1v) is 16.0. The minimum atomic E-state index is -0.488. The Balaban J connectivity index is 1.79. The molecule has 228 valence electrons. The standard InChI is InChI=1S/C36H54O5/c1-4-6-7-8-9-10-11-14-17-21-30-26-32(38)27-34(39)35(30)36(40)41-33(19-5-2)22-18-15-12-13-16-20-29-23-28(3)24-31(37)25-29/h7-8,23-27,33,37-39H,4-6,9-22H2,1-3H3/b8-7+. The molecule has 1 atom stereocenters. The van der Waals surface area contributed by atoms with Gasteiger partial charge in [-0.25, -0.2) is 4.79 Å². The van der Waals surface area contributed by atoms with Gasteiger partial charge in [0.15, 0.2) is 0 Å². The molecule has 41 heavy (non-hydrogen) atoms. The SMILES string of the molecule is CCC/C=C/CCCCCCc1cc(O)cc(O)c1C(=O)OC(CCC)CCCCCCCc1cc(C)cc(O)c1. The summed E-state index contributed by atoms with van der Waals surface area (Å²) in [6.45, 7) is 6.28. The van der Waals surface area contributed by atoms with Crippen molar-refractivity contribution in [3.05, 3.63) is 64.7 Å². The molecule has 0 fully saturated rings. The zero-order chi connectivity index (χ0) is 29.9. The number of ether oxygens (including phenoxy) is 1. The van der Waals surface area contributed by atoms with Crippen LogP contribution in [0.1, 0.15) is 137 Å². The Morgan fingerprint density at radius 3 is 2.12 bits per heavy atom.